The number of benzene rings is 2. The average molecular weight is 404 g/mol. The number of hydrogen-bond donors (Lipinski definition) is 2. The van der Waals surface area contributed by atoms with Gasteiger partial charge in [0.05, 0.1) is 24.7 Å². The molecule has 2 unspecified atom stereocenters. The molecule has 1 amide bonds. The van der Waals surface area contributed by atoms with Crippen LogP contribution in [0.4, 0.5) is 0 Å². The van der Waals surface area contributed by atoms with E-state index in [1.807, 2.05) is 0 Å². The quantitative estimate of drug-likeness (QED) is 0.768. The molecule has 0 bridgehead atoms. The van der Waals surface area contributed by atoms with Crippen molar-refractivity contribution < 1.29 is 22.7 Å². The predicted molar refractivity (Wildman–Crippen MR) is 105 cm³/mol. The number of nitrogens with two attached hydrogens (primary N) is 1. The number of carbonyl (C=O) groups excluding carboxylic acids is 1. The Labute approximate surface area is 164 Å². The van der Waals surface area contributed by atoms with Gasteiger partial charge in [0, 0.05) is 12.0 Å². The number of rotatable bonds is 6. The van der Waals surface area contributed by atoms with Gasteiger partial charge >= 0.3 is 0 Å². The van der Waals surface area contributed by atoms with Crippen LogP contribution in [0.25, 0.3) is 0 Å². The van der Waals surface area contributed by atoms with Crippen molar-refractivity contribution in [3.05, 3.63) is 53.6 Å². The van der Waals surface area contributed by atoms with Gasteiger partial charge in [-0.3, -0.25) is 4.79 Å². The second kappa shape index (κ2) is 7.10. The smallest absolute Gasteiger partial charge is 0.255 e. The van der Waals surface area contributed by atoms with Crippen molar-refractivity contribution in [3.63, 3.8) is 0 Å². The first kappa shape index (κ1) is 20.2. The van der Waals surface area contributed by atoms with Crippen LogP contribution in [0.3, 0.4) is 0 Å². The molecule has 0 saturated heterocycles. The summed E-state index contributed by atoms with van der Waals surface area (Å²) in [6, 6.07) is 11.4. The molecule has 8 heteroatoms. The molecule has 7 nitrogen and oxygen atoms in total. The third-order valence-electron chi connectivity index (χ3n) is 5.33. The standard InChI is InChI=1S/C20H24N2O5S/c1-20(2)17(12-5-8-14(9-6-12)28(21,24)25)18(20)22-19(23)15-11-13(26-3)7-10-16(15)27-4/h5-11,17-18H,1-4H3,(H,22,23)(H2,21,24,25). The molecular weight excluding hydrogens is 380 g/mol. The molecule has 1 aliphatic carbocycles. The number of methoxy groups -OCH3 is 2. The molecule has 1 saturated carbocycles. The van der Waals surface area contributed by atoms with Crippen LogP contribution >= 0.6 is 0 Å². The zero-order valence-corrected chi connectivity index (χ0v) is 17.0. The van der Waals surface area contributed by atoms with Crippen LogP contribution in [0.5, 0.6) is 11.5 Å². The van der Waals surface area contributed by atoms with Crippen molar-refractivity contribution in [1.82, 2.24) is 5.32 Å². The van der Waals surface area contributed by atoms with E-state index in [9.17, 15) is 13.2 Å². The largest absolute Gasteiger partial charge is 0.497 e. The van der Waals surface area contributed by atoms with E-state index in [1.54, 1.807) is 30.3 Å². The molecule has 2 aromatic carbocycles. The lowest BCUT2D eigenvalue weighted by Gasteiger charge is -2.11. The lowest BCUT2D eigenvalue weighted by Crippen LogP contribution is -2.29. The van der Waals surface area contributed by atoms with Gasteiger partial charge in [-0.05, 0) is 41.3 Å². The summed E-state index contributed by atoms with van der Waals surface area (Å²) >= 11 is 0. The van der Waals surface area contributed by atoms with Gasteiger partial charge in [0.1, 0.15) is 11.5 Å². The molecule has 1 fully saturated rings. The fourth-order valence-corrected chi connectivity index (χ4v) is 4.12. The lowest BCUT2D eigenvalue weighted by molar-refractivity contribution is 0.0942. The zero-order chi connectivity index (χ0) is 20.7. The first-order valence-corrected chi connectivity index (χ1v) is 10.3. The van der Waals surface area contributed by atoms with Gasteiger partial charge in [0.25, 0.3) is 5.91 Å². The van der Waals surface area contributed by atoms with Crippen LogP contribution in [-0.2, 0) is 10.0 Å². The van der Waals surface area contributed by atoms with E-state index in [2.05, 4.69) is 19.2 Å². The number of amides is 1. The third-order valence-corrected chi connectivity index (χ3v) is 6.26. The van der Waals surface area contributed by atoms with Gasteiger partial charge in [0.15, 0.2) is 0 Å². The van der Waals surface area contributed by atoms with Crippen molar-refractivity contribution in [1.29, 1.82) is 0 Å². The summed E-state index contributed by atoms with van der Waals surface area (Å²) in [6.45, 7) is 4.11. The fourth-order valence-electron chi connectivity index (χ4n) is 3.60. The maximum Gasteiger partial charge on any atom is 0.255 e. The summed E-state index contributed by atoms with van der Waals surface area (Å²) < 4.78 is 33.4. The minimum atomic E-state index is -3.73. The number of primary sulfonamides is 1. The van der Waals surface area contributed by atoms with Crippen LogP contribution in [0.1, 0.15) is 35.7 Å². The Hall–Kier alpha value is -2.58. The van der Waals surface area contributed by atoms with E-state index >= 15 is 0 Å². The lowest BCUT2D eigenvalue weighted by atomic mass is 10.0. The van der Waals surface area contributed by atoms with Crippen LogP contribution in [-0.4, -0.2) is 34.6 Å². The number of hydrogen-bond acceptors (Lipinski definition) is 5. The number of sulfonamides is 1. The highest BCUT2D eigenvalue weighted by atomic mass is 32.2. The van der Waals surface area contributed by atoms with Crippen LogP contribution in [0, 0.1) is 5.41 Å². The SMILES string of the molecule is COc1ccc(OC)c(C(=O)NC2C(c3ccc(S(N)(=O)=O)cc3)C2(C)C)c1. The van der Waals surface area contributed by atoms with E-state index in [4.69, 9.17) is 14.6 Å². The highest BCUT2D eigenvalue weighted by molar-refractivity contribution is 7.89. The van der Waals surface area contributed by atoms with E-state index in [0.717, 1.165) is 5.56 Å². The Morgan fingerprint density at radius 3 is 2.25 bits per heavy atom. The third kappa shape index (κ3) is 3.70. The average Bonchev–Trinajstić information content (AvgIpc) is 3.20. The molecule has 0 radical (unpaired) electrons. The summed E-state index contributed by atoms with van der Waals surface area (Å²) in [4.78, 5) is 12.9. The molecule has 3 N–H and O–H groups in total. The highest BCUT2D eigenvalue weighted by Crippen LogP contribution is 2.58. The van der Waals surface area contributed by atoms with Crippen molar-refractivity contribution >= 4 is 15.9 Å². The predicted octanol–water partition coefficient (Wildman–Crippen LogP) is 2.27. The summed E-state index contributed by atoms with van der Waals surface area (Å²) in [5.74, 6) is 0.835. The molecule has 2 aromatic rings. The highest BCUT2D eigenvalue weighted by Gasteiger charge is 2.59. The second-order valence-electron chi connectivity index (χ2n) is 7.43. The molecule has 3 rings (SSSR count). The topological polar surface area (TPSA) is 108 Å². The van der Waals surface area contributed by atoms with Crippen molar-refractivity contribution in [2.75, 3.05) is 14.2 Å². The zero-order valence-electron chi connectivity index (χ0n) is 16.2. The number of ether oxygens (including phenoxy) is 2. The second-order valence-corrected chi connectivity index (χ2v) is 8.99. The van der Waals surface area contributed by atoms with Gasteiger partial charge in [-0.2, -0.15) is 0 Å². The molecule has 0 aliphatic heterocycles. The minimum absolute atomic E-state index is 0.0579. The molecule has 0 aromatic heterocycles. The Kier molecular flexibility index (Phi) is 5.12. The van der Waals surface area contributed by atoms with E-state index in [-0.39, 0.29) is 28.2 Å². The molecule has 0 heterocycles. The maximum atomic E-state index is 12.9. The molecule has 0 spiro atoms. The van der Waals surface area contributed by atoms with Gasteiger partial charge < -0.3 is 14.8 Å². The van der Waals surface area contributed by atoms with Crippen molar-refractivity contribution in [2.24, 2.45) is 10.6 Å². The van der Waals surface area contributed by atoms with Crippen LogP contribution in [0.15, 0.2) is 47.4 Å². The van der Waals surface area contributed by atoms with Gasteiger partial charge in [-0.25, -0.2) is 13.6 Å². The number of nitrogens with one attached hydrogen (secondary N) is 1. The molecule has 1 aliphatic rings. The monoisotopic (exact) mass is 404 g/mol. The van der Waals surface area contributed by atoms with Gasteiger partial charge in [-0.15, -0.1) is 0 Å². The number of carbonyl (C=O) groups is 1. The molecular formula is C20H24N2O5S. The Morgan fingerprint density at radius 1 is 1.07 bits per heavy atom. The molecule has 150 valence electrons. The normalized spacial score (nSPS) is 20.3. The van der Waals surface area contributed by atoms with Crippen LogP contribution < -0.4 is 19.9 Å². The van der Waals surface area contributed by atoms with E-state index in [1.165, 1.54) is 26.4 Å². The Balaban J connectivity index is 1.81. The van der Waals surface area contributed by atoms with Crippen molar-refractivity contribution in [3.8, 4) is 11.5 Å². The minimum Gasteiger partial charge on any atom is -0.497 e. The first-order valence-electron chi connectivity index (χ1n) is 8.75. The van der Waals surface area contributed by atoms with Gasteiger partial charge in [-0.1, -0.05) is 26.0 Å². The summed E-state index contributed by atoms with van der Waals surface area (Å²) in [5, 5.41) is 8.22. The van der Waals surface area contributed by atoms with E-state index in [0.29, 0.717) is 17.1 Å². The fraction of sp³-hybridized carbons (Fsp3) is 0.350. The summed E-state index contributed by atoms with van der Waals surface area (Å²) in [7, 11) is -0.686. The Morgan fingerprint density at radius 2 is 1.71 bits per heavy atom. The molecule has 2 atom stereocenters. The maximum absolute atomic E-state index is 12.9. The Bertz CT molecular complexity index is 1000. The molecule has 28 heavy (non-hydrogen) atoms. The first-order chi connectivity index (χ1) is 13.1. The summed E-state index contributed by atoms with van der Waals surface area (Å²) in [5.41, 5.74) is 1.17. The van der Waals surface area contributed by atoms with Gasteiger partial charge in [0.2, 0.25) is 10.0 Å². The van der Waals surface area contributed by atoms with Crippen LogP contribution in [0.2, 0.25) is 0 Å². The van der Waals surface area contributed by atoms with E-state index < -0.39 is 10.0 Å². The summed E-state index contributed by atoms with van der Waals surface area (Å²) in [6.07, 6.45) is 0. The van der Waals surface area contributed by atoms with Crippen molar-refractivity contribution in [2.45, 2.75) is 30.7 Å².